The molecule has 0 spiro atoms. The van der Waals surface area contributed by atoms with Crippen LogP contribution in [0.15, 0.2) is 10.2 Å². The molecule has 1 aliphatic rings. The Morgan fingerprint density at radius 3 is 2.44 bits per heavy atom. The lowest BCUT2D eigenvalue weighted by Gasteiger charge is -2.00. The fourth-order valence-corrected chi connectivity index (χ4v) is 0.790. The molecule has 0 fully saturated rings. The molecule has 3 nitrogen and oxygen atoms in total. The van der Waals surface area contributed by atoms with E-state index < -0.39 is 0 Å². The summed E-state index contributed by atoms with van der Waals surface area (Å²) in [6, 6.07) is 0. The van der Waals surface area contributed by atoms with Crippen LogP contribution in [0, 0.1) is 0 Å². The van der Waals surface area contributed by atoms with E-state index in [4.69, 9.17) is 5.73 Å². The van der Waals surface area contributed by atoms with Gasteiger partial charge in [0, 0.05) is 0 Å². The number of nitrogens with two attached hydrogens (primary N) is 1. The van der Waals surface area contributed by atoms with E-state index in [1.54, 1.807) is 0 Å². The Balaban J connectivity index is 1.93. The van der Waals surface area contributed by atoms with Gasteiger partial charge in [0.25, 0.3) is 0 Å². The molecular formula is C6H13N3. The van der Waals surface area contributed by atoms with Crippen molar-refractivity contribution in [3.05, 3.63) is 0 Å². The van der Waals surface area contributed by atoms with Crippen LogP contribution < -0.4 is 5.73 Å². The first-order valence-corrected chi connectivity index (χ1v) is 3.41. The minimum Gasteiger partial charge on any atom is -0.330 e. The molecule has 0 atom stereocenters. The highest BCUT2D eigenvalue weighted by atomic mass is 15.4. The van der Waals surface area contributed by atoms with Crippen molar-refractivity contribution in [3.8, 4) is 0 Å². The number of unbranched alkanes of at least 4 members (excludes halogenated alkanes) is 1. The largest absolute Gasteiger partial charge is 0.330 e. The summed E-state index contributed by atoms with van der Waals surface area (Å²) in [5, 5.41) is 7.78. The molecule has 0 bridgehead atoms. The molecule has 1 rings (SSSR count). The molecule has 0 unspecified atom stereocenters. The maximum atomic E-state index is 5.32. The standard InChI is InChI=1S/C6H13N3/c1-6(8-9-6)4-2-3-5-7/h2-5,7H2,1H3. The Hall–Kier alpha value is -0.440. The Kier molecular flexibility index (Phi) is 1.81. The van der Waals surface area contributed by atoms with E-state index in [0.717, 1.165) is 25.8 Å². The molecule has 1 aliphatic heterocycles. The summed E-state index contributed by atoms with van der Waals surface area (Å²) in [6.45, 7) is 2.83. The summed E-state index contributed by atoms with van der Waals surface area (Å²) in [4.78, 5) is 0. The van der Waals surface area contributed by atoms with Gasteiger partial charge in [0.15, 0.2) is 5.66 Å². The smallest absolute Gasteiger partial charge is 0.188 e. The van der Waals surface area contributed by atoms with Gasteiger partial charge in [-0.2, -0.15) is 10.2 Å². The molecule has 2 N–H and O–H groups in total. The Morgan fingerprint density at radius 2 is 2.00 bits per heavy atom. The monoisotopic (exact) mass is 127 g/mol. The predicted molar refractivity (Wildman–Crippen MR) is 36.2 cm³/mol. The minimum atomic E-state index is -0.00479. The third kappa shape index (κ3) is 2.10. The molecule has 9 heavy (non-hydrogen) atoms. The van der Waals surface area contributed by atoms with Gasteiger partial charge in [0.05, 0.1) is 0 Å². The normalized spacial score (nSPS) is 20.2. The van der Waals surface area contributed by atoms with Crippen molar-refractivity contribution in [2.45, 2.75) is 31.8 Å². The molecule has 0 aromatic carbocycles. The third-order valence-electron chi connectivity index (χ3n) is 1.55. The summed E-state index contributed by atoms with van der Waals surface area (Å²) < 4.78 is 0. The third-order valence-corrected chi connectivity index (χ3v) is 1.55. The molecule has 0 aromatic heterocycles. The number of rotatable bonds is 4. The first-order valence-electron chi connectivity index (χ1n) is 3.41. The number of nitrogens with zero attached hydrogens (tertiary/aromatic N) is 2. The van der Waals surface area contributed by atoms with Crippen molar-refractivity contribution in [1.29, 1.82) is 0 Å². The zero-order valence-corrected chi connectivity index (χ0v) is 5.80. The van der Waals surface area contributed by atoms with E-state index in [1.165, 1.54) is 0 Å². The van der Waals surface area contributed by atoms with Crippen molar-refractivity contribution >= 4 is 0 Å². The minimum absolute atomic E-state index is 0.00479. The second-order valence-electron chi connectivity index (χ2n) is 2.66. The van der Waals surface area contributed by atoms with Crippen molar-refractivity contribution in [3.63, 3.8) is 0 Å². The molecule has 0 saturated carbocycles. The zero-order chi connectivity index (χ0) is 6.74. The highest BCUT2D eigenvalue weighted by Gasteiger charge is 2.32. The van der Waals surface area contributed by atoms with Crippen LogP contribution in [-0.4, -0.2) is 12.2 Å². The molecule has 0 amide bonds. The van der Waals surface area contributed by atoms with Crippen LogP contribution in [-0.2, 0) is 0 Å². The van der Waals surface area contributed by atoms with Crippen molar-refractivity contribution in [2.75, 3.05) is 6.54 Å². The Labute approximate surface area is 55.3 Å². The van der Waals surface area contributed by atoms with Crippen LogP contribution in [0.5, 0.6) is 0 Å². The highest BCUT2D eigenvalue weighted by Crippen LogP contribution is 2.32. The first-order chi connectivity index (χ1) is 4.27. The second-order valence-corrected chi connectivity index (χ2v) is 2.66. The maximum Gasteiger partial charge on any atom is 0.188 e. The van der Waals surface area contributed by atoms with Gasteiger partial charge in [0.2, 0.25) is 0 Å². The van der Waals surface area contributed by atoms with Crippen LogP contribution in [0.4, 0.5) is 0 Å². The lowest BCUT2D eigenvalue weighted by Crippen LogP contribution is -2.05. The van der Waals surface area contributed by atoms with Crippen molar-refractivity contribution < 1.29 is 0 Å². The number of hydrogen-bond acceptors (Lipinski definition) is 3. The van der Waals surface area contributed by atoms with Crippen molar-refractivity contribution in [2.24, 2.45) is 16.0 Å². The average molecular weight is 127 g/mol. The van der Waals surface area contributed by atoms with Crippen LogP contribution in [0.3, 0.4) is 0 Å². The van der Waals surface area contributed by atoms with E-state index in [1.807, 2.05) is 6.92 Å². The summed E-state index contributed by atoms with van der Waals surface area (Å²) in [5.41, 5.74) is 5.31. The lowest BCUT2D eigenvalue weighted by atomic mass is 10.1. The molecular weight excluding hydrogens is 114 g/mol. The Morgan fingerprint density at radius 1 is 1.33 bits per heavy atom. The SMILES string of the molecule is CC1(CCCCN)N=N1. The van der Waals surface area contributed by atoms with E-state index in [-0.39, 0.29) is 5.66 Å². The van der Waals surface area contributed by atoms with Crippen LogP contribution in [0.2, 0.25) is 0 Å². The Bertz CT molecular complexity index is 113. The highest BCUT2D eigenvalue weighted by molar-refractivity contribution is 4.87. The van der Waals surface area contributed by atoms with Crippen LogP contribution in [0.25, 0.3) is 0 Å². The van der Waals surface area contributed by atoms with Crippen molar-refractivity contribution in [1.82, 2.24) is 0 Å². The second kappa shape index (κ2) is 2.43. The summed E-state index contributed by atoms with van der Waals surface area (Å²) in [6.07, 6.45) is 3.32. The lowest BCUT2D eigenvalue weighted by molar-refractivity contribution is 0.553. The van der Waals surface area contributed by atoms with Gasteiger partial charge in [-0.15, -0.1) is 0 Å². The molecule has 1 heterocycles. The molecule has 3 heteroatoms. The zero-order valence-electron chi connectivity index (χ0n) is 5.80. The molecule has 0 radical (unpaired) electrons. The van der Waals surface area contributed by atoms with E-state index in [9.17, 15) is 0 Å². The van der Waals surface area contributed by atoms with Gasteiger partial charge in [-0.3, -0.25) is 0 Å². The molecule has 52 valence electrons. The average Bonchev–Trinajstić information content (AvgIpc) is 2.50. The summed E-state index contributed by atoms with van der Waals surface area (Å²) in [5.74, 6) is 0. The van der Waals surface area contributed by atoms with Gasteiger partial charge >= 0.3 is 0 Å². The predicted octanol–water partition coefficient (Wildman–Crippen LogP) is 1.30. The maximum absolute atomic E-state index is 5.32. The van der Waals surface area contributed by atoms with Gasteiger partial charge in [-0.05, 0) is 32.7 Å². The first kappa shape index (κ1) is 6.68. The van der Waals surface area contributed by atoms with Crippen LogP contribution >= 0.6 is 0 Å². The van der Waals surface area contributed by atoms with Gasteiger partial charge in [-0.25, -0.2) is 0 Å². The fourth-order valence-electron chi connectivity index (χ4n) is 0.790. The molecule has 0 aliphatic carbocycles. The molecule has 0 saturated heterocycles. The summed E-state index contributed by atoms with van der Waals surface area (Å²) >= 11 is 0. The van der Waals surface area contributed by atoms with Gasteiger partial charge in [-0.1, -0.05) is 0 Å². The molecule has 0 aromatic rings. The topological polar surface area (TPSA) is 50.7 Å². The summed E-state index contributed by atoms with van der Waals surface area (Å²) in [7, 11) is 0. The number of hydrogen-bond donors (Lipinski definition) is 1. The quantitative estimate of drug-likeness (QED) is 0.568. The fraction of sp³-hybridized carbons (Fsp3) is 1.00. The van der Waals surface area contributed by atoms with E-state index in [2.05, 4.69) is 10.2 Å². The van der Waals surface area contributed by atoms with E-state index >= 15 is 0 Å². The van der Waals surface area contributed by atoms with Gasteiger partial charge in [0.1, 0.15) is 0 Å². The van der Waals surface area contributed by atoms with Crippen LogP contribution in [0.1, 0.15) is 26.2 Å². The van der Waals surface area contributed by atoms with Gasteiger partial charge < -0.3 is 5.73 Å². The van der Waals surface area contributed by atoms with E-state index in [0.29, 0.717) is 0 Å².